The number of hydrogen-bond acceptors (Lipinski definition) is 4. The average molecular weight is 835 g/mol. The molecule has 0 radical (unpaired) electrons. The minimum Gasteiger partial charge on any atom is -0.507 e. The van der Waals surface area contributed by atoms with Crippen LogP contribution in [0.3, 0.4) is 0 Å². The second-order valence-electron chi connectivity index (χ2n) is 18.6. The van der Waals surface area contributed by atoms with Gasteiger partial charge in [-0.05, 0) is 150 Å². The van der Waals surface area contributed by atoms with E-state index in [1.807, 2.05) is 30.6 Å². The standard InChI is InChI=1S/C59H66N2O2/c1-8-12-26-58(27-13-9-2)49-22-18-16-20-45(49)47-35-55(62)43(32-51(47)58)37-60-53-25-24-42(57-40(6)30-39(5)31-41(57)7)34-54(53)61-38-44-33-52-48(36-56(44)63)46-21-17-19-23-50(46)59(52,28-14-10-3)29-15-11-4/h16-25,30-38,62-63H,8-15,26-29H2,1-7H3. The van der Waals surface area contributed by atoms with Crippen molar-refractivity contribution in [3.63, 3.8) is 0 Å². The minimum absolute atomic E-state index is 0.0982. The highest BCUT2D eigenvalue weighted by Crippen LogP contribution is 2.57. The van der Waals surface area contributed by atoms with Gasteiger partial charge in [0.2, 0.25) is 0 Å². The van der Waals surface area contributed by atoms with Crippen molar-refractivity contribution in [3.8, 4) is 44.9 Å². The first-order valence-electron chi connectivity index (χ1n) is 23.8. The van der Waals surface area contributed by atoms with Crippen LogP contribution in [-0.2, 0) is 10.8 Å². The molecule has 6 aromatic carbocycles. The number of unbranched alkanes of at least 4 members (excludes halogenated alkanes) is 4. The molecule has 0 aliphatic heterocycles. The Kier molecular flexibility index (Phi) is 12.9. The van der Waals surface area contributed by atoms with Gasteiger partial charge in [0.15, 0.2) is 0 Å². The second kappa shape index (κ2) is 18.5. The van der Waals surface area contributed by atoms with E-state index in [0.717, 1.165) is 93.7 Å². The summed E-state index contributed by atoms with van der Waals surface area (Å²) in [5, 5.41) is 23.4. The highest BCUT2D eigenvalue weighted by atomic mass is 16.3. The number of aliphatic imine (C=N–C) groups is 2. The highest BCUT2D eigenvalue weighted by Gasteiger charge is 2.44. The van der Waals surface area contributed by atoms with Gasteiger partial charge >= 0.3 is 0 Å². The monoisotopic (exact) mass is 835 g/mol. The zero-order valence-corrected chi connectivity index (χ0v) is 38.7. The van der Waals surface area contributed by atoms with Gasteiger partial charge in [-0.15, -0.1) is 0 Å². The molecule has 2 aliphatic rings. The number of rotatable bonds is 17. The summed E-state index contributed by atoms with van der Waals surface area (Å²) in [7, 11) is 0. The molecular formula is C59H66N2O2. The molecule has 0 fully saturated rings. The Balaban J connectivity index is 1.24. The molecule has 0 aromatic heterocycles. The normalized spacial score (nSPS) is 14.3. The molecule has 0 heterocycles. The van der Waals surface area contributed by atoms with Gasteiger partial charge in [0, 0.05) is 34.4 Å². The van der Waals surface area contributed by atoms with Crippen molar-refractivity contribution in [3.05, 3.63) is 153 Å². The molecule has 4 heteroatoms. The van der Waals surface area contributed by atoms with Crippen molar-refractivity contribution in [2.45, 2.75) is 136 Å². The maximum Gasteiger partial charge on any atom is 0.124 e. The summed E-state index contributed by atoms with van der Waals surface area (Å²) in [4.78, 5) is 10.3. The molecule has 0 saturated heterocycles. The fourth-order valence-corrected chi connectivity index (χ4v) is 11.3. The fraction of sp³-hybridized carbons (Fsp3) is 0.356. The second-order valence-corrected chi connectivity index (χ2v) is 18.6. The Morgan fingerprint density at radius 2 is 0.889 bits per heavy atom. The minimum atomic E-state index is -0.103. The smallest absolute Gasteiger partial charge is 0.124 e. The molecule has 2 aliphatic carbocycles. The van der Waals surface area contributed by atoms with Crippen LogP contribution >= 0.6 is 0 Å². The lowest BCUT2D eigenvalue weighted by atomic mass is 9.70. The molecule has 0 spiro atoms. The number of phenols is 2. The predicted molar refractivity (Wildman–Crippen MR) is 267 cm³/mol. The van der Waals surface area contributed by atoms with Gasteiger partial charge in [-0.25, -0.2) is 0 Å². The topological polar surface area (TPSA) is 65.2 Å². The molecule has 0 bridgehead atoms. The largest absolute Gasteiger partial charge is 0.507 e. The number of fused-ring (bicyclic) bond motifs is 6. The Bertz CT molecular complexity index is 2660. The first kappa shape index (κ1) is 43.9. The lowest BCUT2D eigenvalue weighted by Gasteiger charge is -2.33. The van der Waals surface area contributed by atoms with E-state index in [4.69, 9.17) is 9.98 Å². The summed E-state index contributed by atoms with van der Waals surface area (Å²) in [6.45, 7) is 15.6. The van der Waals surface area contributed by atoms with E-state index in [1.54, 1.807) is 0 Å². The van der Waals surface area contributed by atoms with Gasteiger partial charge in [-0.2, -0.15) is 0 Å². The molecule has 63 heavy (non-hydrogen) atoms. The lowest BCUT2D eigenvalue weighted by Crippen LogP contribution is -2.25. The van der Waals surface area contributed by atoms with Crippen molar-refractivity contribution in [1.82, 2.24) is 0 Å². The van der Waals surface area contributed by atoms with E-state index in [9.17, 15) is 10.2 Å². The summed E-state index contributed by atoms with van der Waals surface area (Å²) >= 11 is 0. The van der Waals surface area contributed by atoms with Crippen LogP contribution in [0.2, 0.25) is 0 Å². The zero-order valence-electron chi connectivity index (χ0n) is 38.7. The Hall–Kier alpha value is -5.74. The number of hydrogen-bond donors (Lipinski definition) is 2. The SMILES string of the molecule is CCCCC1(CCCC)c2ccccc2-c2cc(O)c(C=Nc3ccc(-c4c(C)cc(C)cc4C)cc3N=Cc3cc4c(cc3O)-c3ccccc3C4(CCCC)CCCC)cc21. The Morgan fingerprint density at radius 3 is 1.33 bits per heavy atom. The third kappa shape index (κ3) is 8.07. The molecule has 8 rings (SSSR count). The van der Waals surface area contributed by atoms with Crippen LogP contribution in [0.4, 0.5) is 11.4 Å². The van der Waals surface area contributed by atoms with E-state index in [2.05, 4.69) is 133 Å². The zero-order chi connectivity index (χ0) is 44.3. The Morgan fingerprint density at radius 1 is 0.460 bits per heavy atom. The van der Waals surface area contributed by atoms with Crippen molar-refractivity contribution in [2.75, 3.05) is 0 Å². The molecule has 2 N–H and O–H groups in total. The van der Waals surface area contributed by atoms with Gasteiger partial charge < -0.3 is 10.2 Å². The van der Waals surface area contributed by atoms with E-state index < -0.39 is 0 Å². The van der Waals surface area contributed by atoms with E-state index >= 15 is 0 Å². The van der Waals surface area contributed by atoms with Crippen LogP contribution in [0, 0.1) is 20.8 Å². The van der Waals surface area contributed by atoms with E-state index in [0.29, 0.717) is 22.5 Å². The molecule has 324 valence electrons. The molecule has 0 atom stereocenters. The number of benzene rings is 6. The van der Waals surface area contributed by atoms with Gasteiger partial charge in [-0.1, -0.05) is 151 Å². The van der Waals surface area contributed by atoms with E-state index in [1.165, 1.54) is 55.6 Å². The molecular weight excluding hydrogens is 769 g/mol. The number of aryl methyl sites for hydroxylation is 3. The fourth-order valence-electron chi connectivity index (χ4n) is 11.3. The van der Waals surface area contributed by atoms with Crippen molar-refractivity contribution < 1.29 is 10.2 Å². The van der Waals surface area contributed by atoms with Crippen LogP contribution in [0.5, 0.6) is 11.5 Å². The van der Waals surface area contributed by atoms with Gasteiger partial charge in [0.1, 0.15) is 11.5 Å². The molecule has 6 aromatic rings. The number of aromatic hydroxyl groups is 2. The summed E-state index contributed by atoms with van der Waals surface area (Å²) in [5.74, 6) is 0.444. The maximum absolute atomic E-state index is 11.7. The highest BCUT2D eigenvalue weighted by molar-refractivity contribution is 5.95. The van der Waals surface area contributed by atoms with Crippen LogP contribution in [-0.4, -0.2) is 22.6 Å². The van der Waals surface area contributed by atoms with Gasteiger partial charge in [-0.3, -0.25) is 9.98 Å². The Labute approximate surface area is 376 Å². The maximum atomic E-state index is 11.7. The van der Waals surface area contributed by atoms with Gasteiger partial charge in [0.05, 0.1) is 11.4 Å². The summed E-state index contributed by atoms with van der Waals surface area (Å²) < 4.78 is 0. The van der Waals surface area contributed by atoms with Crippen LogP contribution in [0.25, 0.3) is 33.4 Å². The van der Waals surface area contributed by atoms with Crippen LogP contribution < -0.4 is 0 Å². The van der Waals surface area contributed by atoms with Crippen LogP contribution in [0.15, 0.2) is 113 Å². The third-order valence-corrected chi connectivity index (χ3v) is 14.3. The number of nitrogens with zero attached hydrogens (tertiary/aromatic N) is 2. The predicted octanol–water partition coefficient (Wildman–Crippen LogP) is 16.5. The summed E-state index contributed by atoms with van der Waals surface area (Å²) in [6, 6.07) is 36.8. The van der Waals surface area contributed by atoms with Crippen molar-refractivity contribution in [1.29, 1.82) is 0 Å². The van der Waals surface area contributed by atoms with Crippen molar-refractivity contribution in [2.24, 2.45) is 9.98 Å². The van der Waals surface area contributed by atoms with Crippen LogP contribution in [0.1, 0.15) is 155 Å². The van der Waals surface area contributed by atoms with E-state index in [-0.39, 0.29) is 22.3 Å². The molecule has 0 amide bonds. The van der Waals surface area contributed by atoms with Crippen molar-refractivity contribution >= 4 is 23.8 Å². The van der Waals surface area contributed by atoms with Gasteiger partial charge in [0.25, 0.3) is 0 Å². The lowest BCUT2D eigenvalue weighted by molar-refractivity contribution is 0.413. The summed E-state index contributed by atoms with van der Waals surface area (Å²) in [5.41, 5.74) is 18.6. The first-order valence-corrected chi connectivity index (χ1v) is 23.8. The quantitative estimate of drug-likeness (QED) is 0.0899. The molecule has 4 nitrogen and oxygen atoms in total. The molecule has 0 saturated carbocycles. The average Bonchev–Trinajstić information content (AvgIpc) is 3.69. The third-order valence-electron chi connectivity index (χ3n) is 14.3. The summed E-state index contributed by atoms with van der Waals surface area (Å²) in [6.07, 6.45) is 17.0. The number of phenolic OH excluding ortho intramolecular Hbond substituents is 2. The molecule has 0 unspecified atom stereocenters. The first-order chi connectivity index (χ1) is 30.6.